The third-order valence-corrected chi connectivity index (χ3v) is 3.69. The maximum Gasteiger partial charge on any atom is 0.123 e. The Balaban J connectivity index is 2.18. The minimum Gasteiger partial charge on any atom is -0.388 e. The first-order valence-corrected chi connectivity index (χ1v) is 7.18. The smallest absolute Gasteiger partial charge is 0.123 e. The van der Waals surface area contributed by atoms with E-state index in [9.17, 15) is 9.50 Å². The summed E-state index contributed by atoms with van der Waals surface area (Å²) < 4.78 is 13.2. The minimum atomic E-state index is -0.590. The zero-order valence-corrected chi connectivity index (χ0v) is 12.1. The highest BCUT2D eigenvalue weighted by atomic mass is 19.1. The molecule has 0 aliphatic carbocycles. The zero-order valence-electron chi connectivity index (χ0n) is 12.1. The van der Waals surface area contributed by atoms with Crippen LogP contribution in [0.3, 0.4) is 0 Å². The molecule has 0 aromatic heterocycles. The summed E-state index contributed by atoms with van der Waals surface area (Å²) in [6.07, 6.45) is 1.81. The summed E-state index contributed by atoms with van der Waals surface area (Å²) in [7, 11) is 0. The van der Waals surface area contributed by atoms with Crippen molar-refractivity contribution in [2.24, 2.45) is 0 Å². The normalized spacial score (nSPS) is 12.4. The molecule has 0 saturated heterocycles. The van der Waals surface area contributed by atoms with Gasteiger partial charge < -0.3 is 5.11 Å². The molecule has 20 heavy (non-hydrogen) atoms. The molecular formula is C18H21FO. The molecule has 106 valence electrons. The second kappa shape index (κ2) is 6.67. The minimum absolute atomic E-state index is 0.259. The van der Waals surface area contributed by atoms with E-state index < -0.39 is 6.10 Å². The lowest BCUT2D eigenvalue weighted by molar-refractivity contribution is 0.178. The van der Waals surface area contributed by atoms with Gasteiger partial charge in [0.2, 0.25) is 0 Å². The number of aliphatic hydroxyl groups excluding tert-OH is 1. The Morgan fingerprint density at radius 1 is 1.00 bits per heavy atom. The summed E-state index contributed by atoms with van der Waals surface area (Å²) in [5, 5.41) is 10.3. The summed E-state index contributed by atoms with van der Waals surface area (Å²) in [5.74, 6) is -0.259. The van der Waals surface area contributed by atoms with Crippen molar-refractivity contribution in [1.82, 2.24) is 0 Å². The number of hydrogen-bond donors (Lipinski definition) is 1. The van der Waals surface area contributed by atoms with Crippen molar-refractivity contribution in [3.05, 3.63) is 70.5 Å². The fraction of sp³-hybridized carbons (Fsp3) is 0.333. The van der Waals surface area contributed by atoms with Crippen molar-refractivity contribution in [2.45, 2.75) is 39.2 Å². The molecule has 1 unspecified atom stereocenters. The molecule has 0 bridgehead atoms. The van der Waals surface area contributed by atoms with Crippen molar-refractivity contribution in [2.75, 3.05) is 0 Å². The molecule has 0 aliphatic rings. The maximum atomic E-state index is 13.2. The second-order valence-electron chi connectivity index (χ2n) is 5.09. The van der Waals surface area contributed by atoms with Gasteiger partial charge in [-0.2, -0.15) is 0 Å². The van der Waals surface area contributed by atoms with E-state index in [-0.39, 0.29) is 5.82 Å². The van der Waals surface area contributed by atoms with Crippen molar-refractivity contribution in [3.8, 4) is 0 Å². The molecule has 0 radical (unpaired) electrons. The Hall–Kier alpha value is -1.67. The van der Waals surface area contributed by atoms with Crippen LogP contribution in [0.5, 0.6) is 0 Å². The van der Waals surface area contributed by atoms with Crippen LogP contribution in [0.15, 0.2) is 42.5 Å². The van der Waals surface area contributed by atoms with Crippen molar-refractivity contribution < 1.29 is 9.50 Å². The highest BCUT2D eigenvalue weighted by Gasteiger charge is 2.11. The molecule has 1 atom stereocenters. The molecule has 0 saturated carbocycles. The summed E-state index contributed by atoms with van der Waals surface area (Å²) >= 11 is 0. The molecule has 0 heterocycles. The molecular weight excluding hydrogens is 251 g/mol. The van der Waals surface area contributed by atoms with E-state index in [1.807, 2.05) is 12.1 Å². The van der Waals surface area contributed by atoms with Gasteiger partial charge in [-0.15, -0.1) is 0 Å². The van der Waals surface area contributed by atoms with E-state index in [0.29, 0.717) is 6.42 Å². The van der Waals surface area contributed by atoms with Crippen LogP contribution in [-0.4, -0.2) is 5.11 Å². The summed E-state index contributed by atoms with van der Waals surface area (Å²) in [4.78, 5) is 0. The molecule has 0 spiro atoms. The monoisotopic (exact) mass is 272 g/mol. The van der Waals surface area contributed by atoms with Crippen molar-refractivity contribution in [1.29, 1.82) is 0 Å². The number of aliphatic hydroxyl groups is 1. The average Bonchev–Trinajstić information content (AvgIpc) is 2.46. The molecule has 0 amide bonds. The Bertz CT molecular complexity index is 577. The van der Waals surface area contributed by atoms with Gasteiger partial charge in [-0.25, -0.2) is 4.39 Å². The predicted octanol–water partition coefficient (Wildman–Crippen LogP) is 4.23. The highest BCUT2D eigenvalue weighted by molar-refractivity contribution is 5.34. The van der Waals surface area contributed by atoms with Crippen LogP contribution in [0.4, 0.5) is 4.39 Å². The largest absolute Gasteiger partial charge is 0.388 e. The van der Waals surface area contributed by atoms with Crippen LogP contribution in [0, 0.1) is 5.82 Å². The lowest BCUT2D eigenvalue weighted by atomic mass is 9.95. The molecule has 1 N–H and O–H groups in total. The van der Waals surface area contributed by atoms with Crippen LogP contribution in [-0.2, 0) is 19.3 Å². The van der Waals surface area contributed by atoms with E-state index >= 15 is 0 Å². The van der Waals surface area contributed by atoms with Gasteiger partial charge in [0.05, 0.1) is 6.10 Å². The third kappa shape index (κ3) is 3.45. The number of rotatable bonds is 5. The third-order valence-electron chi connectivity index (χ3n) is 3.69. The van der Waals surface area contributed by atoms with Gasteiger partial charge >= 0.3 is 0 Å². The Kier molecular flexibility index (Phi) is 4.91. The molecule has 2 heteroatoms. The number of aryl methyl sites for hydroxylation is 2. The maximum absolute atomic E-state index is 13.2. The highest BCUT2D eigenvalue weighted by Crippen LogP contribution is 2.22. The van der Waals surface area contributed by atoms with Gasteiger partial charge in [0.25, 0.3) is 0 Å². The standard InChI is InChI=1S/C18H21FO/c1-3-14-8-9-16(12-15(14)4-2)18(20)11-13-6-5-7-17(19)10-13/h5-10,12,18,20H,3-4,11H2,1-2H3. The Labute approximate surface area is 120 Å². The fourth-order valence-corrected chi connectivity index (χ4v) is 2.53. The molecule has 2 aromatic rings. The Morgan fingerprint density at radius 3 is 2.40 bits per heavy atom. The van der Waals surface area contributed by atoms with Crippen LogP contribution in [0.25, 0.3) is 0 Å². The summed E-state index contributed by atoms with van der Waals surface area (Å²) in [6.45, 7) is 4.26. The SMILES string of the molecule is CCc1ccc(C(O)Cc2cccc(F)c2)cc1CC. The van der Waals surface area contributed by atoms with E-state index in [2.05, 4.69) is 26.0 Å². The first kappa shape index (κ1) is 14.7. The van der Waals surface area contributed by atoms with Gasteiger partial charge in [-0.05, 0) is 47.2 Å². The Morgan fingerprint density at radius 2 is 1.75 bits per heavy atom. The number of hydrogen-bond acceptors (Lipinski definition) is 1. The van der Waals surface area contributed by atoms with Gasteiger partial charge in [0.1, 0.15) is 5.82 Å². The predicted molar refractivity (Wildman–Crippen MR) is 80.3 cm³/mol. The van der Waals surface area contributed by atoms with E-state index in [4.69, 9.17) is 0 Å². The first-order chi connectivity index (χ1) is 9.63. The van der Waals surface area contributed by atoms with Gasteiger partial charge in [-0.1, -0.05) is 44.2 Å². The summed E-state index contributed by atoms with van der Waals surface area (Å²) in [5.41, 5.74) is 4.33. The van der Waals surface area contributed by atoms with E-state index in [1.54, 1.807) is 6.07 Å². The quantitative estimate of drug-likeness (QED) is 0.863. The second-order valence-corrected chi connectivity index (χ2v) is 5.09. The molecule has 2 rings (SSSR count). The van der Waals surface area contributed by atoms with Gasteiger partial charge in [0.15, 0.2) is 0 Å². The van der Waals surface area contributed by atoms with E-state index in [0.717, 1.165) is 24.0 Å². The van der Waals surface area contributed by atoms with Crippen LogP contribution in [0.1, 0.15) is 42.2 Å². The van der Waals surface area contributed by atoms with Crippen molar-refractivity contribution >= 4 is 0 Å². The van der Waals surface area contributed by atoms with Gasteiger partial charge in [0, 0.05) is 6.42 Å². The molecule has 0 aliphatic heterocycles. The molecule has 2 aromatic carbocycles. The average molecular weight is 272 g/mol. The van der Waals surface area contributed by atoms with Crippen LogP contribution in [0.2, 0.25) is 0 Å². The van der Waals surface area contributed by atoms with E-state index in [1.165, 1.54) is 23.3 Å². The molecule has 0 fully saturated rings. The van der Waals surface area contributed by atoms with Gasteiger partial charge in [-0.3, -0.25) is 0 Å². The lowest BCUT2D eigenvalue weighted by Gasteiger charge is -2.14. The topological polar surface area (TPSA) is 20.2 Å². The number of halogens is 1. The lowest BCUT2D eigenvalue weighted by Crippen LogP contribution is -2.04. The first-order valence-electron chi connectivity index (χ1n) is 7.18. The molecule has 1 nitrogen and oxygen atoms in total. The zero-order chi connectivity index (χ0) is 14.5. The van der Waals surface area contributed by atoms with Crippen LogP contribution >= 0.6 is 0 Å². The van der Waals surface area contributed by atoms with Crippen LogP contribution < -0.4 is 0 Å². The number of benzene rings is 2. The van der Waals surface area contributed by atoms with Crippen molar-refractivity contribution in [3.63, 3.8) is 0 Å². The summed E-state index contributed by atoms with van der Waals surface area (Å²) in [6, 6.07) is 12.5. The fourth-order valence-electron chi connectivity index (χ4n) is 2.53.